The molecule has 0 spiro atoms. The number of methoxy groups -OCH3 is 1. The molecule has 1 heterocycles. The maximum Gasteiger partial charge on any atom is 0.323 e. The van der Waals surface area contributed by atoms with Crippen molar-refractivity contribution in [2.24, 2.45) is 0 Å². The molecule has 1 N–H and O–H groups in total. The topological polar surface area (TPSA) is 72.5 Å². The van der Waals surface area contributed by atoms with Crippen LogP contribution in [0.25, 0.3) is 0 Å². The zero-order valence-electron chi connectivity index (χ0n) is 11.5. The Morgan fingerprint density at radius 1 is 1.29 bits per heavy atom. The molecular formula is C13H15F2NO4S. The number of esters is 1. The Labute approximate surface area is 121 Å². The Balaban J connectivity index is 2.39. The molecule has 0 aromatic heterocycles. The molecule has 2 rings (SSSR count). The summed E-state index contributed by atoms with van der Waals surface area (Å²) in [5.74, 6) is -2.93. The normalized spacial score (nSPS) is 24.6. The van der Waals surface area contributed by atoms with Crippen LogP contribution in [0, 0.1) is 18.6 Å². The first-order chi connectivity index (χ1) is 9.73. The molecule has 2 atom stereocenters. The molecule has 0 aliphatic carbocycles. The quantitative estimate of drug-likeness (QED) is 0.819. The number of sulfone groups is 1. The van der Waals surface area contributed by atoms with E-state index in [0.717, 1.165) is 19.2 Å². The second kappa shape index (κ2) is 5.69. The average molecular weight is 319 g/mol. The summed E-state index contributed by atoms with van der Waals surface area (Å²) in [6, 6.07) is -0.136. The Morgan fingerprint density at radius 2 is 1.95 bits per heavy atom. The van der Waals surface area contributed by atoms with Gasteiger partial charge in [0.2, 0.25) is 0 Å². The van der Waals surface area contributed by atoms with Crippen LogP contribution < -0.4 is 5.32 Å². The van der Waals surface area contributed by atoms with E-state index in [4.69, 9.17) is 0 Å². The predicted octanol–water partition coefficient (Wildman–Crippen LogP) is 0.874. The number of aryl methyl sites for hydroxylation is 1. The van der Waals surface area contributed by atoms with Crippen molar-refractivity contribution >= 4 is 15.8 Å². The van der Waals surface area contributed by atoms with Crippen LogP contribution in [0.3, 0.4) is 0 Å². The van der Waals surface area contributed by atoms with Crippen molar-refractivity contribution in [3.8, 4) is 0 Å². The molecule has 5 nitrogen and oxygen atoms in total. The highest BCUT2D eigenvalue weighted by Crippen LogP contribution is 2.26. The van der Waals surface area contributed by atoms with E-state index in [1.54, 1.807) is 0 Å². The third-order valence-corrected chi connectivity index (χ3v) is 5.07. The minimum Gasteiger partial charge on any atom is -0.468 e. The van der Waals surface area contributed by atoms with Gasteiger partial charge in [0.05, 0.1) is 18.6 Å². The van der Waals surface area contributed by atoms with Crippen LogP contribution in [-0.2, 0) is 19.4 Å². The van der Waals surface area contributed by atoms with E-state index in [-0.39, 0.29) is 11.1 Å². The molecule has 21 heavy (non-hydrogen) atoms. The van der Waals surface area contributed by atoms with Gasteiger partial charge >= 0.3 is 5.97 Å². The lowest BCUT2D eigenvalue weighted by atomic mass is 10.0. The monoisotopic (exact) mass is 319 g/mol. The first kappa shape index (κ1) is 15.8. The molecule has 0 radical (unpaired) electrons. The van der Waals surface area contributed by atoms with Crippen molar-refractivity contribution in [1.29, 1.82) is 0 Å². The molecule has 1 saturated heterocycles. The van der Waals surface area contributed by atoms with Gasteiger partial charge in [-0.1, -0.05) is 0 Å². The fourth-order valence-electron chi connectivity index (χ4n) is 2.30. The summed E-state index contributed by atoms with van der Waals surface area (Å²) in [6.45, 7) is 1.41. The Kier molecular flexibility index (Phi) is 4.29. The maximum absolute atomic E-state index is 14.0. The standard InChI is InChI=1S/C13H15F2NO4S/c1-7-3-10(15)8(4-9(7)14)11-5-21(18,19)6-12(16-11)13(17)20-2/h3-4,11-12,16H,5-6H2,1-2H3. The van der Waals surface area contributed by atoms with Gasteiger partial charge in [-0.3, -0.25) is 10.1 Å². The lowest BCUT2D eigenvalue weighted by Gasteiger charge is -2.29. The summed E-state index contributed by atoms with van der Waals surface area (Å²) in [7, 11) is -2.45. The summed E-state index contributed by atoms with van der Waals surface area (Å²) in [5.41, 5.74) is 0.00899. The van der Waals surface area contributed by atoms with Gasteiger partial charge in [-0.2, -0.15) is 0 Å². The summed E-state index contributed by atoms with van der Waals surface area (Å²) < 4.78 is 55.8. The smallest absolute Gasteiger partial charge is 0.323 e. The number of rotatable bonds is 2. The predicted molar refractivity (Wildman–Crippen MR) is 71.4 cm³/mol. The number of ether oxygens (including phenoxy) is 1. The van der Waals surface area contributed by atoms with Gasteiger partial charge in [0.15, 0.2) is 9.84 Å². The van der Waals surface area contributed by atoms with Crippen LogP contribution in [0.2, 0.25) is 0 Å². The van der Waals surface area contributed by atoms with E-state index >= 15 is 0 Å². The van der Waals surface area contributed by atoms with Crippen molar-refractivity contribution in [2.45, 2.75) is 19.0 Å². The van der Waals surface area contributed by atoms with E-state index < -0.39 is 51.0 Å². The van der Waals surface area contributed by atoms with Gasteiger partial charge in [0.1, 0.15) is 17.7 Å². The van der Waals surface area contributed by atoms with Gasteiger partial charge in [0.25, 0.3) is 0 Å². The first-order valence-corrected chi connectivity index (χ1v) is 8.05. The zero-order valence-corrected chi connectivity index (χ0v) is 12.3. The van der Waals surface area contributed by atoms with Gasteiger partial charge in [0, 0.05) is 11.6 Å². The number of carbonyl (C=O) groups is 1. The van der Waals surface area contributed by atoms with E-state index in [1.807, 2.05) is 0 Å². The van der Waals surface area contributed by atoms with Crippen LogP contribution >= 0.6 is 0 Å². The molecule has 2 unspecified atom stereocenters. The lowest BCUT2D eigenvalue weighted by molar-refractivity contribution is -0.142. The molecule has 1 aliphatic rings. The van der Waals surface area contributed by atoms with Crippen molar-refractivity contribution in [3.05, 3.63) is 34.9 Å². The van der Waals surface area contributed by atoms with Crippen LogP contribution in [-0.4, -0.2) is 39.0 Å². The molecule has 0 amide bonds. The summed E-state index contributed by atoms with van der Waals surface area (Å²) in [6.07, 6.45) is 0. The minimum atomic E-state index is -3.58. The Hall–Kier alpha value is -1.54. The number of hydrogen-bond donors (Lipinski definition) is 1. The molecule has 0 saturated carbocycles. The van der Waals surface area contributed by atoms with Crippen molar-refractivity contribution in [2.75, 3.05) is 18.6 Å². The van der Waals surface area contributed by atoms with Crippen LogP contribution in [0.1, 0.15) is 17.2 Å². The van der Waals surface area contributed by atoms with Crippen LogP contribution in [0.5, 0.6) is 0 Å². The van der Waals surface area contributed by atoms with Gasteiger partial charge in [-0.05, 0) is 24.6 Å². The summed E-state index contributed by atoms with van der Waals surface area (Å²) >= 11 is 0. The van der Waals surface area contributed by atoms with Crippen LogP contribution in [0.4, 0.5) is 8.78 Å². The second-order valence-electron chi connectivity index (χ2n) is 4.99. The number of nitrogens with one attached hydrogen (secondary N) is 1. The number of halogens is 2. The largest absolute Gasteiger partial charge is 0.468 e. The molecule has 116 valence electrons. The third kappa shape index (κ3) is 3.38. The molecule has 1 fully saturated rings. The highest BCUT2D eigenvalue weighted by atomic mass is 32.2. The average Bonchev–Trinajstić information content (AvgIpc) is 2.40. The molecular weight excluding hydrogens is 304 g/mol. The fraction of sp³-hybridized carbons (Fsp3) is 0.462. The van der Waals surface area contributed by atoms with Crippen molar-refractivity contribution in [1.82, 2.24) is 5.32 Å². The molecule has 1 aromatic carbocycles. The second-order valence-corrected chi connectivity index (χ2v) is 7.15. The van der Waals surface area contributed by atoms with Crippen LogP contribution in [0.15, 0.2) is 12.1 Å². The highest BCUT2D eigenvalue weighted by molar-refractivity contribution is 7.91. The number of hydrogen-bond acceptors (Lipinski definition) is 5. The van der Waals surface area contributed by atoms with E-state index in [9.17, 15) is 22.0 Å². The maximum atomic E-state index is 14.0. The molecule has 1 aliphatic heterocycles. The SMILES string of the molecule is COC(=O)C1CS(=O)(=O)CC(c2cc(F)c(C)cc2F)N1. The van der Waals surface area contributed by atoms with E-state index in [2.05, 4.69) is 10.1 Å². The van der Waals surface area contributed by atoms with E-state index in [1.165, 1.54) is 6.92 Å². The van der Waals surface area contributed by atoms with Gasteiger partial charge in [-0.15, -0.1) is 0 Å². The third-order valence-electron chi connectivity index (χ3n) is 3.38. The zero-order chi connectivity index (χ0) is 15.8. The first-order valence-electron chi connectivity index (χ1n) is 6.23. The molecule has 8 heteroatoms. The summed E-state index contributed by atoms with van der Waals surface area (Å²) in [5, 5.41) is 2.70. The molecule has 1 aromatic rings. The van der Waals surface area contributed by atoms with Crippen molar-refractivity contribution in [3.63, 3.8) is 0 Å². The fourth-order valence-corrected chi connectivity index (χ4v) is 3.96. The van der Waals surface area contributed by atoms with Gasteiger partial charge in [-0.25, -0.2) is 17.2 Å². The highest BCUT2D eigenvalue weighted by Gasteiger charge is 2.37. The Bertz CT molecular complexity index is 675. The van der Waals surface area contributed by atoms with Gasteiger partial charge < -0.3 is 4.74 Å². The summed E-state index contributed by atoms with van der Waals surface area (Å²) in [4.78, 5) is 11.5. The van der Waals surface area contributed by atoms with Crippen molar-refractivity contribution < 1.29 is 26.7 Å². The molecule has 0 bridgehead atoms. The lowest BCUT2D eigenvalue weighted by Crippen LogP contribution is -2.51. The van der Waals surface area contributed by atoms with E-state index in [0.29, 0.717) is 0 Å². The number of carbonyl (C=O) groups excluding carboxylic acids is 1. The Morgan fingerprint density at radius 3 is 2.57 bits per heavy atom. The number of benzene rings is 1. The minimum absolute atomic E-state index is 0.115.